The molecule has 1 amide bonds. The van der Waals surface area contributed by atoms with Crippen molar-refractivity contribution in [2.45, 2.75) is 25.2 Å². The Morgan fingerprint density at radius 3 is 2.36 bits per heavy atom. The van der Waals surface area contributed by atoms with Crippen LogP contribution in [0.4, 0.5) is 0 Å². The number of aromatic nitrogens is 3. The summed E-state index contributed by atoms with van der Waals surface area (Å²) in [6.45, 7) is 0.566. The lowest BCUT2D eigenvalue weighted by molar-refractivity contribution is -0.139. The van der Waals surface area contributed by atoms with Gasteiger partial charge in [-0.15, -0.1) is 5.10 Å². The third-order valence-corrected chi connectivity index (χ3v) is 5.37. The molecule has 0 spiro atoms. The third kappa shape index (κ3) is 6.73. The zero-order chi connectivity index (χ0) is 24.0. The van der Waals surface area contributed by atoms with Crippen LogP contribution in [0.25, 0.3) is 5.69 Å². The van der Waals surface area contributed by atoms with Gasteiger partial charge in [0.25, 0.3) is 5.91 Å². The highest BCUT2D eigenvalue weighted by Crippen LogP contribution is 2.24. The summed E-state index contributed by atoms with van der Waals surface area (Å²) in [5.41, 5.74) is 13.1. The highest BCUT2D eigenvalue weighted by atomic mass is 35.5. The number of halogens is 2. The number of hydrogen-bond acceptors (Lipinski definition) is 7. The summed E-state index contributed by atoms with van der Waals surface area (Å²) in [4.78, 5) is 24.3. The zero-order valence-corrected chi connectivity index (χ0v) is 18.9. The first kappa shape index (κ1) is 24.6. The molecule has 2 aromatic carbocycles. The summed E-state index contributed by atoms with van der Waals surface area (Å²) in [6, 6.07) is 10.5. The predicted octanol–water partition coefficient (Wildman–Crippen LogP) is 1.33. The van der Waals surface area contributed by atoms with Crippen LogP contribution in [0.3, 0.4) is 0 Å². The van der Waals surface area contributed by atoms with Crippen LogP contribution >= 0.6 is 23.2 Å². The number of nitrogens with one attached hydrogen (secondary N) is 2. The molecule has 0 aliphatic rings. The van der Waals surface area contributed by atoms with Gasteiger partial charge in [0.2, 0.25) is 0 Å². The van der Waals surface area contributed by atoms with Crippen molar-refractivity contribution < 1.29 is 14.7 Å². The lowest BCUT2D eigenvalue weighted by Crippen LogP contribution is -2.45. The SMILES string of the molecule is NC(N)NCCc1cn(-c2ccc(C[C@H](NC(=O)c3c(Cl)cccc3Cl)C(=O)O)cc2)nn1. The van der Waals surface area contributed by atoms with Crippen molar-refractivity contribution >= 4 is 35.1 Å². The van der Waals surface area contributed by atoms with E-state index in [4.69, 9.17) is 34.7 Å². The van der Waals surface area contributed by atoms with Crippen molar-refractivity contribution in [2.24, 2.45) is 11.5 Å². The van der Waals surface area contributed by atoms with Gasteiger partial charge < -0.3 is 21.9 Å². The van der Waals surface area contributed by atoms with Crippen LogP contribution in [0.1, 0.15) is 21.6 Å². The second-order valence-electron chi connectivity index (χ2n) is 7.22. The number of benzene rings is 2. The number of hydrogen-bond donors (Lipinski definition) is 5. The third-order valence-electron chi connectivity index (χ3n) is 4.74. The zero-order valence-electron chi connectivity index (χ0n) is 17.4. The summed E-state index contributed by atoms with van der Waals surface area (Å²) >= 11 is 12.1. The largest absolute Gasteiger partial charge is 0.480 e. The van der Waals surface area contributed by atoms with E-state index in [9.17, 15) is 14.7 Å². The average Bonchev–Trinajstić information content (AvgIpc) is 3.22. The van der Waals surface area contributed by atoms with Crippen LogP contribution in [0.2, 0.25) is 10.0 Å². The summed E-state index contributed by atoms with van der Waals surface area (Å²) in [5.74, 6) is -1.84. The molecule has 1 atom stereocenters. The Hall–Kier alpha value is -3.02. The van der Waals surface area contributed by atoms with Gasteiger partial charge in [-0.2, -0.15) is 0 Å². The maximum Gasteiger partial charge on any atom is 0.326 e. The Morgan fingerprint density at radius 1 is 1.09 bits per heavy atom. The molecule has 0 saturated heterocycles. The summed E-state index contributed by atoms with van der Waals surface area (Å²) in [5, 5.41) is 23.4. The quantitative estimate of drug-likeness (QED) is 0.265. The van der Waals surface area contributed by atoms with Crippen molar-refractivity contribution in [1.82, 2.24) is 25.6 Å². The van der Waals surface area contributed by atoms with Gasteiger partial charge >= 0.3 is 5.97 Å². The first-order valence-electron chi connectivity index (χ1n) is 9.97. The number of carbonyl (C=O) groups excluding carboxylic acids is 1. The molecule has 0 saturated carbocycles. The van der Waals surface area contributed by atoms with Crippen LogP contribution in [-0.2, 0) is 17.6 Å². The van der Waals surface area contributed by atoms with Gasteiger partial charge in [0.05, 0.1) is 33.2 Å². The maximum atomic E-state index is 12.6. The number of amides is 1. The molecule has 33 heavy (non-hydrogen) atoms. The fourth-order valence-corrected chi connectivity index (χ4v) is 3.64. The minimum atomic E-state index is -1.18. The molecule has 0 bridgehead atoms. The minimum absolute atomic E-state index is 0.0352. The van der Waals surface area contributed by atoms with Gasteiger partial charge in [-0.1, -0.05) is 46.6 Å². The molecule has 7 N–H and O–H groups in total. The predicted molar refractivity (Wildman–Crippen MR) is 124 cm³/mol. The van der Waals surface area contributed by atoms with Crippen LogP contribution in [0.15, 0.2) is 48.7 Å². The normalized spacial score (nSPS) is 12.0. The van der Waals surface area contributed by atoms with Gasteiger partial charge in [-0.05, 0) is 29.8 Å². The molecule has 12 heteroatoms. The molecule has 3 rings (SSSR count). The standard InChI is InChI=1S/C21H23Cl2N7O3/c22-15-2-1-3-16(23)18(15)19(31)27-17(20(32)33)10-12-4-6-14(7-5-12)30-11-13(28-29-30)8-9-26-21(24)25/h1-7,11,17,21,26H,8-10,24-25H2,(H,27,31)(H,32,33)/t17-/m0/s1. The van der Waals surface area contributed by atoms with Crippen LogP contribution in [-0.4, -0.2) is 50.9 Å². The smallest absolute Gasteiger partial charge is 0.326 e. The monoisotopic (exact) mass is 491 g/mol. The Morgan fingerprint density at radius 2 is 1.76 bits per heavy atom. The lowest BCUT2D eigenvalue weighted by atomic mass is 10.0. The fraction of sp³-hybridized carbons (Fsp3) is 0.238. The molecule has 10 nitrogen and oxygen atoms in total. The van der Waals surface area contributed by atoms with Crippen LogP contribution < -0.4 is 22.1 Å². The van der Waals surface area contributed by atoms with Gasteiger partial charge in [0.15, 0.2) is 0 Å². The minimum Gasteiger partial charge on any atom is -0.480 e. The van der Waals surface area contributed by atoms with Crippen molar-refractivity contribution in [3.05, 3.63) is 75.5 Å². The molecular formula is C21H23Cl2N7O3. The van der Waals surface area contributed by atoms with E-state index in [2.05, 4.69) is 20.9 Å². The van der Waals surface area contributed by atoms with E-state index >= 15 is 0 Å². The van der Waals surface area contributed by atoms with Crippen molar-refractivity contribution in [2.75, 3.05) is 6.54 Å². The Bertz CT molecular complexity index is 1100. The van der Waals surface area contributed by atoms with Gasteiger partial charge in [-0.3, -0.25) is 10.1 Å². The van der Waals surface area contributed by atoms with E-state index in [0.29, 0.717) is 18.5 Å². The number of rotatable bonds is 10. The maximum absolute atomic E-state index is 12.6. The molecule has 1 heterocycles. The van der Waals surface area contributed by atoms with Crippen molar-refractivity contribution in [3.63, 3.8) is 0 Å². The van der Waals surface area contributed by atoms with E-state index in [1.807, 2.05) is 0 Å². The molecule has 0 aliphatic heterocycles. The van der Waals surface area contributed by atoms with Crippen molar-refractivity contribution in [3.8, 4) is 5.69 Å². The summed E-state index contributed by atoms with van der Waals surface area (Å²) < 4.78 is 1.61. The number of carboxylic acids is 1. The number of carbonyl (C=O) groups is 2. The first-order chi connectivity index (χ1) is 15.7. The Kier molecular flexibility index (Phi) is 8.37. The Balaban J connectivity index is 1.65. The van der Waals surface area contributed by atoms with Crippen molar-refractivity contribution in [1.29, 1.82) is 0 Å². The first-order valence-corrected chi connectivity index (χ1v) is 10.7. The van der Waals surface area contributed by atoms with Gasteiger partial charge in [0.1, 0.15) is 12.3 Å². The van der Waals surface area contributed by atoms with Crippen LogP contribution in [0, 0.1) is 0 Å². The molecule has 0 fully saturated rings. The Labute approximate surface area is 199 Å². The molecule has 3 aromatic rings. The van der Waals surface area contributed by atoms with E-state index in [1.165, 1.54) is 12.1 Å². The van der Waals surface area contributed by atoms with Gasteiger partial charge in [-0.25, -0.2) is 9.48 Å². The van der Waals surface area contributed by atoms with E-state index < -0.39 is 24.2 Å². The second-order valence-corrected chi connectivity index (χ2v) is 8.03. The van der Waals surface area contributed by atoms with E-state index in [-0.39, 0.29) is 22.0 Å². The lowest BCUT2D eigenvalue weighted by Gasteiger charge is -2.16. The van der Waals surface area contributed by atoms with Crippen LogP contribution in [0.5, 0.6) is 0 Å². The molecule has 174 valence electrons. The molecule has 0 aliphatic carbocycles. The summed E-state index contributed by atoms with van der Waals surface area (Å²) in [7, 11) is 0. The molecule has 0 radical (unpaired) electrons. The van der Waals surface area contributed by atoms with Gasteiger partial charge in [0, 0.05) is 19.4 Å². The molecular weight excluding hydrogens is 469 g/mol. The summed E-state index contributed by atoms with van der Waals surface area (Å²) in [6.07, 6.45) is 1.87. The fourth-order valence-electron chi connectivity index (χ4n) is 3.07. The topological polar surface area (TPSA) is 161 Å². The number of carboxylic acid groups (broad SMARTS) is 1. The molecule has 0 unspecified atom stereocenters. The number of nitrogens with two attached hydrogens (primary N) is 2. The number of aliphatic carboxylic acids is 1. The average molecular weight is 492 g/mol. The second kappa shape index (κ2) is 11.2. The number of nitrogens with zero attached hydrogens (tertiary/aromatic N) is 3. The van der Waals surface area contributed by atoms with E-state index in [1.54, 1.807) is 41.2 Å². The van der Waals surface area contributed by atoms with E-state index in [0.717, 1.165) is 11.4 Å². The highest BCUT2D eigenvalue weighted by molar-refractivity contribution is 6.39. The highest BCUT2D eigenvalue weighted by Gasteiger charge is 2.23. The molecule has 1 aromatic heterocycles.